The molecule has 0 unspecified atom stereocenters. The van der Waals surface area contributed by atoms with Gasteiger partial charge in [0, 0.05) is 30.8 Å². The number of amides is 1. The fourth-order valence-electron chi connectivity index (χ4n) is 3.46. The minimum Gasteiger partial charge on any atom is -0.488 e. The number of nitrogens with one attached hydrogen (secondary N) is 1. The van der Waals surface area contributed by atoms with Gasteiger partial charge < -0.3 is 15.0 Å². The van der Waals surface area contributed by atoms with Gasteiger partial charge in [-0.3, -0.25) is 9.48 Å². The molecule has 0 atom stereocenters. The van der Waals surface area contributed by atoms with Crippen LogP contribution in [0, 0.1) is 0 Å². The van der Waals surface area contributed by atoms with Crippen LogP contribution >= 0.6 is 0 Å². The first-order valence-electron chi connectivity index (χ1n) is 9.47. The molecule has 0 saturated heterocycles. The van der Waals surface area contributed by atoms with Crippen LogP contribution in [0.25, 0.3) is 11.3 Å². The summed E-state index contributed by atoms with van der Waals surface area (Å²) >= 11 is 0. The molecule has 1 N–H and O–H groups in total. The Morgan fingerprint density at radius 2 is 1.96 bits per heavy atom. The van der Waals surface area contributed by atoms with Gasteiger partial charge in [0.15, 0.2) is 0 Å². The Morgan fingerprint density at radius 1 is 1.18 bits per heavy atom. The first-order valence-corrected chi connectivity index (χ1v) is 9.47. The van der Waals surface area contributed by atoms with E-state index in [0.717, 1.165) is 35.7 Å². The molecule has 2 heterocycles. The molecule has 0 saturated carbocycles. The first kappa shape index (κ1) is 18.3. The molecule has 2 aromatic carbocycles. The number of carbonyl (C=O) groups is 1. The number of nitrogens with zero attached hydrogens (tertiary/aromatic N) is 3. The van der Waals surface area contributed by atoms with Gasteiger partial charge in [0.05, 0.1) is 11.9 Å². The van der Waals surface area contributed by atoms with Crippen molar-refractivity contribution in [2.24, 2.45) is 0 Å². The standard InChI is InChI=1S/C22H24N4O2/c1-25(14-17-7-3-2-4-8-17)12-11-23-21(27)15-26-22-18(13-24-26)16-28-20-10-6-5-9-19(20)22/h2-10,13H,11-12,14-16H2,1H3,(H,23,27). The lowest BCUT2D eigenvalue weighted by Gasteiger charge is -2.19. The topological polar surface area (TPSA) is 59.4 Å². The van der Waals surface area contributed by atoms with Crippen molar-refractivity contribution in [1.29, 1.82) is 0 Å². The SMILES string of the molecule is CN(CCNC(=O)Cn1ncc2c1-c1ccccc1OC2)Cc1ccccc1. The molecule has 6 nitrogen and oxygen atoms in total. The highest BCUT2D eigenvalue weighted by atomic mass is 16.5. The number of para-hydroxylation sites is 1. The Hall–Kier alpha value is -3.12. The Morgan fingerprint density at radius 3 is 2.82 bits per heavy atom. The predicted octanol–water partition coefficient (Wildman–Crippen LogP) is 2.69. The van der Waals surface area contributed by atoms with E-state index in [1.165, 1.54) is 5.56 Å². The van der Waals surface area contributed by atoms with Gasteiger partial charge in [0.25, 0.3) is 0 Å². The first-order chi connectivity index (χ1) is 13.7. The minimum absolute atomic E-state index is 0.0389. The van der Waals surface area contributed by atoms with Crippen LogP contribution in [-0.2, 0) is 24.5 Å². The van der Waals surface area contributed by atoms with Gasteiger partial charge in [0.2, 0.25) is 5.91 Å². The van der Waals surface area contributed by atoms with Crippen molar-refractivity contribution < 1.29 is 9.53 Å². The second-order valence-corrected chi connectivity index (χ2v) is 7.03. The predicted molar refractivity (Wildman–Crippen MR) is 108 cm³/mol. The van der Waals surface area contributed by atoms with Gasteiger partial charge in [-0.05, 0) is 24.7 Å². The molecule has 4 rings (SSSR count). The van der Waals surface area contributed by atoms with Crippen LogP contribution in [0.3, 0.4) is 0 Å². The van der Waals surface area contributed by atoms with Gasteiger partial charge in [-0.15, -0.1) is 0 Å². The quantitative estimate of drug-likeness (QED) is 0.689. The van der Waals surface area contributed by atoms with Crippen LogP contribution in [0.2, 0.25) is 0 Å². The zero-order valence-corrected chi connectivity index (χ0v) is 16.0. The Bertz CT molecular complexity index is 952. The van der Waals surface area contributed by atoms with E-state index >= 15 is 0 Å². The maximum absolute atomic E-state index is 12.4. The van der Waals surface area contributed by atoms with Crippen molar-refractivity contribution in [2.45, 2.75) is 19.7 Å². The average Bonchev–Trinajstić information content (AvgIpc) is 3.12. The molecule has 0 spiro atoms. The van der Waals surface area contributed by atoms with Gasteiger partial charge in [-0.1, -0.05) is 42.5 Å². The van der Waals surface area contributed by atoms with Crippen LogP contribution < -0.4 is 10.1 Å². The van der Waals surface area contributed by atoms with Crippen molar-refractivity contribution in [3.8, 4) is 17.0 Å². The third kappa shape index (κ3) is 4.07. The van der Waals surface area contributed by atoms with Gasteiger partial charge in [0.1, 0.15) is 18.9 Å². The normalized spacial score (nSPS) is 12.2. The zero-order valence-electron chi connectivity index (χ0n) is 16.0. The van der Waals surface area contributed by atoms with E-state index in [1.807, 2.05) is 42.5 Å². The molecule has 0 aliphatic carbocycles. The minimum atomic E-state index is -0.0389. The van der Waals surface area contributed by atoms with Crippen LogP contribution in [0.15, 0.2) is 60.8 Å². The van der Waals surface area contributed by atoms with Crippen LogP contribution in [-0.4, -0.2) is 40.7 Å². The molecule has 1 aliphatic rings. The lowest BCUT2D eigenvalue weighted by Crippen LogP contribution is -2.35. The number of rotatable bonds is 7. The summed E-state index contributed by atoms with van der Waals surface area (Å²) in [6.07, 6.45) is 1.78. The molecule has 144 valence electrons. The van der Waals surface area contributed by atoms with E-state index in [-0.39, 0.29) is 12.5 Å². The summed E-state index contributed by atoms with van der Waals surface area (Å²) < 4.78 is 7.51. The number of fused-ring (bicyclic) bond motifs is 3. The van der Waals surface area contributed by atoms with E-state index in [9.17, 15) is 4.79 Å². The number of hydrogen-bond acceptors (Lipinski definition) is 4. The zero-order chi connectivity index (χ0) is 19.3. The molecular formula is C22H24N4O2. The van der Waals surface area contributed by atoms with E-state index in [1.54, 1.807) is 10.9 Å². The third-order valence-electron chi connectivity index (χ3n) is 4.84. The number of hydrogen-bond donors (Lipinski definition) is 1. The average molecular weight is 376 g/mol. The number of benzene rings is 2. The Kier molecular flexibility index (Phi) is 5.39. The number of likely N-dealkylation sites (N-methyl/N-ethyl adjacent to an activating group) is 1. The van der Waals surface area contributed by atoms with E-state index in [4.69, 9.17) is 4.74 Å². The maximum Gasteiger partial charge on any atom is 0.241 e. The van der Waals surface area contributed by atoms with E-state index in [0.29, 0.717) is 13.2 Å². The lowest BCUT2D eigenvalue weighted by atomic mass is 10.0. The molecule has 1 aromatic heterocycles. The summed E-state index contributed by atoms with van der Waals surface area (Å²) in [5, 5.41) is 7.40. The second kappa shape index (κ2) is 8.27. The van der Waals surface area contributed by atoms with E-state index in [2.05, 4.69) is 34.5 Å². The molecule has 3 aromatic rings. The summed E-state index contributed by atoms with van der Waals surface area (Å²) in [6, 6.07) is 18.2. The van der Waals surface area contributed by atoms with Crippen molar-refractivity contribution in [3.63, 3.8) is 0 Å². The van der Waals surface area contributed by atoms with E-state index < -0.39 is 0 Å². The van der Waals surface area contributed by atoms with Crippen molar-refractivity contribution in [1.82, 2.24) is 20.0 Å². The van der Waals surface area contributed by atoms with Crippen molar-refractivity contribution in [2.75, 3.05) is 20.1 Å². The number of ether oxygens (including phenoxy) is 1. The Labute approximate surface area is 164 Å². The molecule has 28 heavy (non-hydrogen) atoms. The van der Waals surface area contributed by atoms with Crippen LogP contribution in [0.5, 0.6) is 5.75 Å². The maximum atomic E-state index is 12.4. The highest BCUT2D eigenvalue weighted by Crippen LogP contribution is 2.36. The van der Waals surface area contributed by atoms with Gasteiger partial charge in [-0.2, -0.15) is 5.10 Å². The summed E-state index contributed by atoms with van der Waals surface area (Å²) in [5.74, 6) is 0.794. The highest BCUT2D eigenvalue weighted by Gasteiger charge is 2.22. The summed E-state index contributed by atoms with van der Waals surface area (Å²) in [7, 11) is 2.06. The monoisotopic (exact) mass is 376 g/mol. The second-order valence-electron chi connectivity index (χ2n) is 7.03. The molecule has 1 amide bonds. The molecular weight excluding hydrogens is 352 g/mol. The number of carbonyl (C=O) groups excluding carboxylic acids is 1. The van der Waals surface area contributed by atoms with Crippen molar-refractivity contribution in [3.05, 3.63) is 71.9 Å². The smallest absolute Gasteiger partial charge is 0.241 e. The van der Waals surface area contributed by atoms with Gasteiger partial charge >= 0.3 is 0 Å². The molecule has 0 radical (unpaired) electrons. The largest absolute Gasteiger partial charge is 0.488 e. The number of aromatic nitrogens is 2. The lowest BCUT2D eigenvalue weighted by molar-refractivity contribution is -0.121. The molecule has 0 bridgehead atoms. The van der Waals surface area contributed by atoms with Crippen LogP contribution in [0.4, 0.5) is 0 Å². The van der Waals surface area contributed by atoms with Gasteiger partial charge in [-0.25, -0.2) is 0 Å². The summed E-state index contributed by atoms with van der Waals surface area (Å²) in [4.78, 5) is 14.6. The Balaban J connectivity index is 1.31. The van der Waals surface area contributed by atoms with Crippen LogP contribution in [0.1, 0.15) is 11.1 Å². The fourth-order valence-corrected chi connectivity index (χ4v) is 3.46. The highest BCUT2D eigenvalue weighted by molar-refractivity contribution is 5.78. The fraction of sp³-hybridized carbons (Fsp3) is 0.273. The van der Waals surface area contributed by atoms with Crippen molar-refractivity contribution >= 4 is 5.91 Å². The molecule has 1 aliphatic heterocycles. The molecule has 6 heteroatoms. The summed E-state index contributed by atoms with van der Waals surface area (Å²) in [5.41, 5.74) is 4.23. The molecule has 0 fully saturated rings. The third-order valence-corrected chi connectivity index (χ3v) is 4.84. The summed E-state index contributed by atoms with van der Waals surface area (Å²) in [6.45, 7) is 2.93.